The lowest BCUT2D eigenvalue weighted by atomic mass is 9.90. The van der Waals surface area contributed by atoms with Gasteiger partial charge in [0.1, 0.15) is 4.90 Å². The predicted molar refractivity (Wildman–Crippen MR) is 90.7 cm³/mol. The Balaban J connectivity index is 1.68. The molecule has 23 heavy (non-hydrogen) atoms. The van der Waals surface area contributed by atoms with Crippen molar-refractivity contribution >= 4 is 15.7 Å². The van der Waals surface area contributed by atoms with Gasteiger partial charge in [0.25, 0.3) is 0 Å². The molecule has 122 valence electrons. The standard InChI is InChI=1S/C17H21N3O2S/c18-23(21,22)17-13-19-9-6-16(17)20-10-7-15(8-11-20)12-14-4-2-1-3-5-14/h1-6,9,13,15H,7-8,10-12H2,(H2,18,21,22). The molecule has 6 heteroatoms. The van der Waals surface area contributed by atoms with Crippen molar-refractivity contribution in [1.82, 2.24) is 4.98 Å². The van der Waals surface area contributed by atoms with Crippen molar-refractivity contribution in [2.75, 3.05) is 18.0 Å². The van der Waals surface area contributed by atoms with Gasteiger partial charge >= 0.3 is 0 Å². The zero-order chi connectivity index (χ0) is 16.3. The minimum absolute atomic E-state index is 0.113. The van der Waals surface area contributed by atoms with Gasteiger partial charge in [-0.15, -0.1) is 0 Å². The van der Waals surface area contributed by atoms with Gasteiger partial charge in [-0.1, -0.05) is 30.3 Å². The first kappa shape index (κ1) is 16.0. The number of nitrogens with two attached hydrogens (primary N) is 1. The molecule has 2 N–H and O–H groups in total. The van der Waals surface area contributed by atoms with Gasteiger partial charge in [-0.2, -0.15) is 0 Å². The maximum absolute atomic E-state index is 11.7. The molecule has 1 aliphatic heterocycles. The van der Waals surface area contributed by atoms with Crippen molar-refractivity contribution in [3.8, 4) is 0 Å². The van der Waals surface area contributed by atoms with Crippen molar-refractivity contribution in [3.05, 3.63) is 54.4 Å². The Hall–Kier alpha value is -1.92. The second kappa shape index (κ2) is 6.68. The monoisotopic (exact) mass is 331 g/mol. The third-order valence-electron chi connectivity index (χ3n) is 4.39. The fourth-order valence-electron chi connectivity index (χ4n) is 3.18. The summed E-state index contributed by atoms with van der Waals surface area (Å²) in [6.07, 6.45) is 6.11. The molecule has 1 aromatic heterocycles. The molecule has 5 nitrogen and oxygen atoms in total. The molecule has 0 unspecified atom stereocenters. The number of pyridine rings is 1. The van der Waals surface area contributed by atoms with Crippen molar-refractivity contribution in [2.45, 2.75) is 24.2 Å². The number of sulfonamides is 1. The topological polar surface area (TPSA) is 76.3 Å². The van der Waals surface area contributed by atoms with E-state index in [-0.39, 0.29) is 4.90 Å². The van der Waals surface area contributed by atoms with Crippen LogP contribution in [0.25, 0.3) is 0 Å². The Morgan fingerprint density at radius 1 is 1.13 bits per heavy atom. The summed E-state index contributed by atoms with van der Waals surface area (Å²) in [7, 11) is -3.75. The van der Waals surface area contributed by atoms with E-state index in [1.807, 2.05) is 6.07 Å². The van der Waals surface area contributed by atoms with Gasteiger partial charge in [0, 0.05) is 25.5 Å². The van der Waals surface area contributed by atoms with Crippen LogP contribution in [0.5, 0.6) is 0 Å². The van der Waals surface area contributed by atoms with Crippen LogP contribution in [-0.2, 0) is 16.4 Å². The van der Waals surface area contributed by atoms with Crippen LogP contribution >= 0.6 is 0 Å². The minimum Gasteiger partial charge on any atom is -0.370 e. The fraction of sp³-hybridized carbons (Fsp3) is 0.353. The first-order valence-electron chi connectivity index (χ1n) is 7.80. The van der Waals surface area contributed by atoms with Gasteiger partial charge in [-0.25, -0.2) is 13.6 Å². The zero-order valence-electron chi connectivity index (χ0n) is 12.9. The summed E-state index contributed by atoms with van der Waals surface area (Å²) >= 11 is 0. The van der Waals surface area contributed by atoms with Crippen LogP contribution in [0.15, 0.2) is 53.7 Å². The summed E-state index contributed by atoms with van der Waals surface area (Å²) in [6, 6.07) is 12.2. The van der Waals surface area contributed by atoms with Gasteiger partial charge < -0.3 is 4.90 Å². The third kappa shape index (κ3) is 3.89. The number of hydrogen-bond donors (Lipinski definition) is 1. The van der Waals surface area contributed by atoms with Gasteiger partial charge in [0.2, 0.25) is 10.0 Å². The lowest BCUT2D eigenvalue weighted by Gasteiger charge is -2.34. The van der Waals surface area contributed by atoms with Crippen LogP contribution < -0.4 is 10.0 Å². The number of anilines is 1. The van der Waals surface area contributed by atoms with E-state index in [0.717, 1.165) is 32.4 Å². The zero-order valence-corrected chi connectivity index (χ0v) is 13.7. The quantitative estimate of drug-likeness (QED) is 0.932. The van der Waals surface area contributed by atoms with Gasteiger partial charge in [-0.3, -0.25) is 4.98 Å². The SMILES string of the molecule is NS(=O)(=O)c1cnccc1N1CCC(Cc2ccccc2)CC1. The van der Waals surface area contributed by atoms with Crippen molar-refractivity contribution in [2.24, 2.45) is 11.1 Å². The number of nitrogens with zero attached hydrogens (tertiary/aromatic N) is 2. The Morgan fingerprint density at radius 3 is 2.48 bits per heavy atom. The number of hydrogen-bond acceptors (Lipinski definition) is 4. The predicted octanol–water partition coefficient (Wildman–Crippen LogP) is 2.19. The molecule has 0 saturated carbocycles. The van der Waals surface area contributed by atoms with Crippen LogP contribution in [-0.4, -0.2) is 26.5 Å². The van der Waals surface area contributed by atoms with Gasteiger partial charge in [0.05, 0.1) is 5.69 Å². The third-order valence-corrected chi connectivity index (χ3v) is 5.32. The summed E-state index contributed by atoms with van der Waals surface area (Å²) < 4.78 is 23.4. The molecular weight excluding hydrogens is 310 g/mol. The average Bonchev–Trinajstić information content (AvgIpc) is 2.56. The smallest absolute Gasteiger partial charge is 0.241 e. The molecule has 1 aromatic carbocycles. The molecule has 1 fully saturated rings. The molecule has 3 rings (SSSR count). The van der Waals surface area contributed by atoms with E-state index in [1.54, 1.807) is 12.3 Å². The highest BCUT2D eigenvalue weighted by atomic mass is 32.2. The van der Waals surface area contributed by atoms with Crippen LogP contribution in [0.3, 0.4) is 0 Å². The molecule has 1 saturated heterocycles. The molecule has 0 amide bonds. The summed E-state index contributed by atoms with van der Waals surface area (Å²) in [6.45, 7) is 1.67. The molecule has 2 aromatic rings. The Kier molecular flexibility index (Phi) is 4.63. The van der Waals surface area contributed by atoms with E-state index in [0.29, 0.717) is 11.6 Å². The van der Waals surface area contributed by atoms with E-state index in [2.05, 4.69) is 34.1 Å². The highest BCUT2D eigenvalue weighted by Crippen LogP contribution is 2.29. The number of piperidine rings is 1. The molecule has 0 radical (unpaired) electrons. The highest BCUT2D eigenvalue weighted by Gasteiger charge is 2.24. The lowest BCUT2D eigenvalue weighted by Crippen LogP contribution is -2.35. The summed E-state index contributed by atoms with van der Waals surface area (Å²) in [4.78, 5) is 6.10. The van der Waals surface area contributed by atoms with E-state index < -0.39 is 10.0 Å². The minimum atomic E-state index is -3.75. The molecule has 0 aliphatic carbocycles. The summed E-state index contributed by atoms with van der Waals surface area (Å²) in [5.41, 5.74) is 2.03. The number of benzene rings is 1. The lowest BCUT2D eigenvalue weighted by molar-refractivity contribution is 0.402. The number of rotatable bonds is 4. The number of aromatic nitrogens is 1. The van der Waals surface area contributed by atoms with Crippen LogP contribution in [0.4, 0.5) is 5.69 Å². The maximum atomic E-state index is 11.7. The first-order valence-corrected chi connectivity index (χ1v) is 9.34. The van der Waals surface area contributed by atoms with Crippen molar-refractivity contribution < 1.29 is 8.42 Å². The van der Waals surface area contributed by atoms with Crippen LogP contribution in [0.2, 0.25) is 0 Å². The highest BCUT2D eigenvalue weighted by molar-refractivity contribution is 7.89. The molecule has 0 atom stereocenters. The van der Waals surface area contributed by atoms with Crippen LogP contribution in [0, 0.1) is 5.92 Å². The van der Waals surface area contributed by atoms with E-state index in [1.165, 1.54) is 11.8 Å². The Morgan fingerprint density at radius 2 is 1.83 bits per heavy atom. The average molecular weight is 331 g/mol. The van der Waals surface area contributed by atoms with E-state index in [9.17, 15) is 8.42 Å². The largest absolute Gasteiger partial charge is 0.370 e. The van der Waals surface area contributed by atoms with Gasteiger partial charge in [0.15, 0.2) is 0 Å². The molecular formula is C17H21N3O2S. The Labute approximate surface area is 137 Å². The van der Waals surface area contributed by atoms with E-state index in [4.69, 9.17) is 5.14 Å². The second-order valence-corrected chi connectivity index (χ2v) is 7.54. The maximum Gasteiger partial charge on any atom is 0.241 e. The van der Waals surface area contributed by atoms with Crippen molar-refractivity contribution in [1.29, 1.82) is 0 Å². The van der Waals surface area contributed by atoms with Crippen LogP contribution in [0.1, 0.15) is 18.4 Å². The van der Waals surface area contributed by atoms with E-state index >= 15 is 0 Å². The fourth-order valence-corrected chi connectivity index (χ4v) is 3.87. The molecule has 2 heterocycles. The van der Waals surface area contributed by atoms with Gasteiger partial charge in [-0.05, 0) is 36.8 Å². The summed E-state index contributed by atoms with van der Waals surface area (Å²) in [5, 5.41) is 5.30. The molecule has 1 aliphatic rings. The first-order chi connectivity index (χ1) is 11.0. The molecule has 0 spiro atoms. The summed E-state index contributed by atoms with van der Waals surface area (Å²) in [5.74, 6) is 0.633. The van der Waals surface area contributed by atoms with Crippen molar-refractivity contribution in [3.63, 3.8) is 0 Å². The normalized spacial score (nSPS) is 16.5. The molecule has 0 bridgehead atoms. The number of primary sulfonamides is 1. The Bertz CT molecular complexity index is 754. The second-order valence-electron chi connectivity index (χ2n) is 6.01.